The molecule has 0 bridgehead atoms. The third kappa shape index (κ3) is 2.63. The van der Waals surface area contributed by atoms with Crippen molar-refractivity contribution in [1.29, 1.82) is 0 Å². The summed E-state index contributed by atoms with van der Waals surface area (Å²) in [6.45, 7) is 1.81. The smallest absolute Gasteiger partial charge is 0.0931 e. The molecule has 1 aliphatic carbocycles. The average molecular weight is 281 g/mol. The molecule has 0 saturated carbocycles. The average Bonchev–Trinajstić information content (AvgIpc) is 2.70. The molecule has 0 fully saturated rings. The van der Waals surface area contributed by atoms with Gasteiger partial charge in [0.15, 0.2) is 0 Å². The van der Waals surface area contributed by atoms with Gasteiger partial charge in [-0.25, -0.2) is 0 Å². The third-order valence-electron chi connectivity index (χ3n) is 4.31. The maximum absolute atomic E-state index is 13.0. The van der Waals surface area contributed by atoms with E-state index in [9.17, 15) is 4.39 Å². The number of aromatic nitrogens is 1. The SMILES string of the molecule is CC/C(CCF)=C1\c2ccccc2CCc2ccncc21. The predicted molar refractivity (Wildman–Crippen MR) is 85.0 cm³/mol. The molecular formula is C19H20FN. The molecule has 0 saturated heterocycles. The Bertz CT molecular complexity index is 623. The Morgan fingerprint density at radius 2 is 1.86 bits per heavy atom. The molecule has 3 rings (SSSR count). The minimum absolute atomic E-state index is 0.301. The molecule has 1 heterocycles. The Balaban J connectivity index is 2.29. The first-order chi connectivity index (χ1) is 10.3. The number of rotatable bonds is 3. The first-order valence-corrected chi connectivity index (χ1v) is 7.64. The van der Waals surface area contributed by atoms with Crippen LogP contribution in [0.3, 0.4) is 0 Å². The molecule has 1 aromatic carbocycles. The van der Waals surface area contributed by atoms with Crippen LogP contribution in [-0.4, -0.2) is 11.7 Å². The summed E-state index contributed by atoms with van der Waals surface area (Å²) in [5.41, 5.74) is 7.53. The number of nitrogens with zero attached hydrogens (tertiary/aromatic N) is 1. The van der Waals surface area contributed by atoms with Crippen molar-refractivity contribution in [3.8, 4) is 0 Å². The zero-order valence-electron chi connectivity index (χ0n) is 12.4. The highest BCUT2D eigenvalue weighted by Gasteiger charge is 2.20. The van der Waals surface area contributed by atoms with Gasteiger partial charge in [-0.1, -0.05) is 36.8 Å². The standard InChI is InChI=1S/C19H20FN/c1-2-14(9-11-20)19-17-6-4-3-5-15(17)7-8-16-10-12-21-13-18(16)19/h3-6,10,12-13H,2,7-9,11H2,1H3/b19-14-. The van der Waals surface area contributed by atoms with Crippen molar-refractivity contribution in [2.24, 2.45) is 0 Å². The van der Waals surface area contributed by atoms with Crippen molar-refractivity contribution in [2.45, 2.75) is 32.6 Å². The second kappa shape index (κ2) is 6.21. The number of fused-ring (bicyclic) bond motifs is 2. The normalized spacial score (nSPS) is 15.9. The van der Waals surface area contributed by atoms with Crippen molar-refractivity contribution < 1.29 is 4.39 Å². The van der Waals surface area contributed by atoms with Crippen LogP contribution in [0.2, 0.25) is 0 Å². The Morgan fingerprint density at radius 1 is 1.10 bits per heavy atom. The van der Waals surface area contributed by atoms with Crippen molar-refractivity contribution in [3.05, 3.63) is 70.6 Å². The van der Waals surface area contributed by atoms with Crippen LogP contribution >= 0.6 is 0 Å². The van der Waals surface area contributed by atoms with Crippen molar-refractivity contribution >= 4 is 5.57 Å². The summed E-state index contributed by atoms with van der Waals surface area (Å²) in [6, 6.07) is 10.6. The molecule has 2 aromatic rings. The van der Waals surface area contributed by atoms with E-state index in [0.717, 1.165) is 19.3 Å². The fourth-order valence-electron chi connectivity index (χ4n) is 3.24. The third-order valence-corrected chi connectivity index (χ3v) is 4.31. The molecule has 0 unspecified atom stereocenters. The number of allylic oxidation sites excluding steroid dienone is 1. The Labute approximate surface area is 125 Å². The first-order valence-electron chi connectivity index (χ1n) is 7.64. The van der Waals surface area contributed by atoms with Crippen LogP contribution in [0.15, 0.2) is 48.3 Å². The summed E-state index contributed by atoms with van der Waals surface area (Å²) in [6.07, 6.45) is 7.23. The topological polar surface area (TPSA) is 12.9 Å². The lowest BCUT2D eigenvalue weighted by molar-refractivity contribution is 0.491. The van der Waals surface area contributed by atoms with Crippen LogP contribution in [0, 0.1) is 0 Å². The van der Waals surface area contributed by atoms with Gasteiger partial charge < -0.3 is 0 Å². The molecule has 21 heavy (non-hydrogen) atoms. The number of halogens is 1. The molecule has 0 atom stereocenters. The zero-order chi connectivity index (χ0) is 14.7. The van der Waals surface area contributed by atoms with Crippen LogP contribution in [0.4, 0.5) is 4.39 Å². The molecule has 108 valence electrons. The minimum atomic E-state index is -0.301. The van der Waals surface area contributed by atoms with Gasteiger partial charge in [-0.3, -0.25) is 9.37 Å². The molecule has 0 radical (unpaired) electrons. The number of aryl methyl sites for hydroxylation is 2. The van der Waals surface area contributed by atoms with Crippen molar-refractivity contribution in [2.75, 3.05) is 6.67 Å². The van der Waals surface area contributed by atoms with Gasteiger partial charge in [0, 0.05) is 18.0 Å². The number of hydrogen-bond donors (Lipinski definition) is 0. The second-order valence-electron chi connectivity index (χ2n) is 5.46. The lowest BCUT2D eigenvalue weighted by atomic mass is 9.89. The van der Waals surface area contributed by atoms with Crippen LogP contribution in [-0.2, 0) is 12.8 Å². The lowest BCUT2D eigenvalue weighted by Crippen LogP contribution is -1.99. The highest BCUT2D eigenvalue weighted by molar-refractivity contribution is 5.85. The molecule has 2 heteroatoms. The van der Waals surface area contributed by atoms with Crippen LogP contribution in [0.5, 0.6) is 0 Å². The van der Waals surface area contributed by atoms with Gasteiger partial charge in [0.25, 0.3) is 0 Å². The predicted octanol–water partition coefficient (Wildman–Crippen LogP) is 4.75. The second-order valence-corrected chi connectivity index (χ2v) is 5.46. The first kappa shape index (κ1) is 14.0. The molecule has 0 spiro atoms. The van der Waals surface area contributed by atoms with E-state index in [4.69, 9.17) is 0 Å². The molecule has 1 aromatic heterocycles. The summed E-state index contributed by atoms with van der Waals surface area (Å²) in [4.78, 5) is 4.31. The van der Waals surface area contributed by atoms with E-state index >= 15 is 0 Å². The molecular weight excluding hydrogens is 261 g/mol. The Hall–Kier alpha value is -1.96. The summed E-state index contributed by atoms with van der Waals surface area (Å²) in [7, 11) is 0. The van der Waals surface area contributed by atoms with Gasteiger partial charge in [0.2, 0.25) is 0 Å². The van der Waals surface area contributed by atoms with E-state index in [-0.39, 0.29) is 6.67 Å². The van der Waals surface area contributed by atoms with Gasteiger partial charge >= 0.3 is 0 Å². The number of pyridine rings is 1. The van der Waals surface area contributed by atoms with E-state index in [1.54, 1.807) is 0 Å². The largest absolute Gasteiger partial charge is 0.264 e. The van der Waals surface area contributed by atoms with Crippen LogP contribution < -0.4 is 0 Å². The maximum Gasteiger partial charge on any atom is 0.0931 e. The lowest BCUT2D eigenvalue weighted by Gasteiger charge is -2.16. The van der Waals surface area contributed by atoms with Crippen molar-refractivity contribution in [1.82, 2.24) is 4.98 Å². The minimum Gasteiger partial charge on any atom is -0.264 e. The highest BCUT2D eigenvalue weighted by Crippen LogP contribution is 2.36. The molecule has 0 N–H and O–H groups in total. The molecule has 0 amide bonds. The van der Waals surface area contributed by atoms with Gasteiger partial charge in [-0.05, 0) is 54.0 Å². The number of benzene rings is 1. The zero-order valence-corrected chi connectivity index (χ0v) is 12.4. The summed E-state index contributed by atoms with van der Waals surface area (Å²) < 4.78 is 13.0. The monoisotopic (exact) mass is 281 g/mol. The van der Waals surface area contributed by atoms with E-state index in [1.165, 1.54) is 33.4 Å². The number of hydrogen-bond acceptors (Lipinski definition) is 1. The fourth-order valence-corrected chi connectivity index (χ4v) is 3.24. The summed E-state index contributed by atoms with van der Waals surface area (Å²) >= 11 is 0. The fraction of sp³-hybridized carbons (Fsp3) is 0.316. The Kier molecular flexibility index (Phi) is 4.14. The highest BCUT2D eigenvalue weighted by atomic mass is 19.1. The van der Waals surface area contributed by atoms with Gasteiger partial charge in [-0.2, -0.15) is 0 Å². The Morgan fingerprint density at radius 3 is 2.62 bits per heavy atom. The maximum atomic E-state index is 13.0. The number of alkyl halides is 1. The van der Waals surface area contributed by atoms with Crippen LogP contribution in [0.1, 0.15) is 42.0 Å². The summed E-state index contributed by atoms with van der Waals surface area (Å²) in [5.74, 6) is 0. The van der Waals surface area contributed by atoms with E-state index < -0.39 is 0 Å². The molecule has 1 nitrogen and oxygen atoms in total. The quantitative estimate of drug-likeness (QED) is 0.791. The van der Waals surface area contributed by atoms with E-state index in [0.29, 0.717) is 6.42 Å². The van der Waals surface area contributed by atoms with Gasteiger partial charge in [-0.15, -0.1) is 0 Å². The van der Waals surface area contributed by atoms with Crippen LogP contribution in [0.25, 0.3) is 5.57 Å². The van der Waals surface area contributed by atoms with E-state index in [1.807, 2.05) is 12.4 Å². The molecule has 0 aliphatic heterocycles. The van der Waals surface area contributed by atoms with Gasteiger partial charge in [0.1, 0.15) is 0 Å². The van der Waals surface area contributed by atoms with Gasteiger partial charge in [0.05, 0.1) is 6.67 Å². The molecule has 1 aliphatic rings. The summed E-state index contributed by atoms with van der Waals surface area (Å²) in [5, 5.41) is 0. The van der Waals surface area contributed by atoms with Crippen molar-refractivity contribution in [3.63, 3.8) is 0 Å². The van der Waals surface area contributed by atoms with E-state index in [2.05, 4.69) is 42.2 Å².